The Bertz CT molecular complexity index is 580. The molecule has 0 bridgehead atoms. The van der Waals surface area contributed by atoms with Gasteiger partial charge in [-0.3, -0.25) is 0 Å². The maximum Gasteiger partial charge on any atom is 0.134 e. The highest BCUT2D eigenvalue weighted by molar-refractivity contribution is 5.93. The smallest absolute Gasteiger partial charge is 0.134 e. The van der Waals surface area contributed by atoms with E-state index in [2.05, 4.69) is 36.4 Å². The van der Waals surface area contributed by atoms with Crippen LogP contribution in [0.5, 0.6) is 0 Å². The van der Waals surface area contributed by atoms with Crippen LogP contribution < -0.4 is 0 Å². The summed E-state index contributed by atoms with van der Waals surface area (Å²) < 4.78 is 5.82. The monoisotopic (exact) mass is 234 g/mol. The lowest BCUT2D eigenvalue weighted by atomic mass is 9.99. The molecule has 1 heteroatoms. The van der Waals surface area contributed by atoms with E-state index in [9.17, 15) is 0 Å². The number of hydrogen-bond donors (Lipinski definition) is 0. The van der Waals surface area contributed by atoms with Crippen LogP contribution in [0.25, 0.3) is 11.3 Å². The fraction of sp³-hybridized carbons (Fsp3) is 0.0588. The Kier molecular flexibility index (Phi) is 2.97. The molecule has 1 aliphatic heterocycles. The summed E-state index contributed by atoms with van der Waals surface area (Å²) in [7, 11) is 0. The predicted octanol–water partition coefficient (Wildman–Crippen LogP) is 4.14. The van der Waals surface area contributed by atoms with Gasteiger partial charge >= 0.3 is 0 Å². The van der Waals surface area contributed by atoms with E-state index >= 15 is 0 Å². The number of hydrogen-bond acceptors (Lipinski definition) is 1. The molecule has 2 aromatic rings. The van der Waals surface area contributed by atoms with Gasteiger partial charge in [0.05, 0.1) is 0 Å². The van der Waals surface area contributed by atoms with Gasteiger partial charge < -0.3 is 4.74 Å². The molecule has 0 amide bonds. The molecule has 1 heterocycles. The highest BCUT2D eigenvalue weighted by Gasteiger charge is 2.13. The molecule has 1 nitrogen and oxygen atoms in total. The van der Waals surface area contributed by atoms with Crippen molar-refractivity contribution in [2.75, 3.05) is 6.61 Å². The van der Waals surface area contributed by atoms with Crippen LogP contribution in [0.3, 0.4) is 0 Å². The normalized spacial score (nSPS) is 14.4. The summed E-state index contributed by atoms with van der Waals surface area (Å²) in [6.45, 7) is 0.639. The molecule has 0 N–H and O–H groups in total. The summed E-state index contributed by atoms with van der Waals surface area (Å²) in [5.41, 5.74) is 3.46. The predicted molar refractivity (Wildman–Crippen MR) is 74.8 cm³/mol. The van der Waals surface area contributed by atoms with E-state index in [1.54, 1.807) is 0 Å². The molecule has 88 valence electrons. The Morgan fingerprint density at radius 3 is 2.00 bits per heavy atom. The number of ether oxygens (including phenoxy) is 1. The topological polar surface area (TPSA) is 9.23 Å². The van der Waals surface area contributed by atoms with Crippen molar-refractivity contribution in [2.45, 2.75) is 0 Å². The van der Waals surface area contributed by atoms with Gasteiger partial charge in [0.25, 0.3) is 0 Å². The van der Waals surface area contributed by atoms with Gasteiger partial charge in [0, 0.05) is 11.1 Å². The van der Waals surface area contributed by atoms with Crippen molar-refractivity contribution in [3.05, 3.63) is 83.9 Å². The van der Waals surface area contributed by atoms with Gasteiger partial charge in [0.15, 0.2) is 0 Å². The summed E-state index contributed by atoms with van der Waals surface area (Å²) in [5, 5.41) is 0. The first-order valence-electron chi connectivity index (χ1n) is 6.09. The second-order valence-electron chi connectivity index (χ2n) is 4.19. The average Bonchev–Trinajstić information content (AvgIpc) is 2.49. The fourth-order valence-electron chi connectivity index (χ4n) is 2.12. The molecule has 18 heavy (non-hydrogen) atoms. The third-order valence-electron chi connectivity index (χ3n) is 2.97. The van der Waals surface area contributed by atoms with Crippen LogP contribution in [-0.4, -0.2) is 6.61 Å². The van der Waals surface area contributed by atoms with Crippen LogP contribution in [-0.2, 0) is 4.74 Å². The van der Waals surface area contributed by atoms with E-state index in [0.717, 1.165) is 16.9 Å². The SMILES string of the molecule is C1=CC(c2ccccc2)=C(c2ccccc2)OC1. The van der Waals surface area contributed by atoms with Crippen LogP contribution in [0, 0.1) is 0 Å². The van der Waals surface area contributed by atoms with Gasteiger partial charge in [-0.05, 0) is 11.6 Å². The Labute approximate surface area is 107 Å². The zero-order valence-corrected chi connectivity index (χ0v) is 10.0. The van der Waals surface area contributed by atoms with Gasteiger partial charge in [-0.15, -0.1) is 0 Å². The summed E-state index contributed by atoms with van der Waals surface area (Å²) in [6, 6.07) is 20.6. The highest BCUT2D eigenvalue weighted by Crippen LogP contribution is 2.30. The molecule has 0 spiro atoms. The van der Waals surface area contributed by atoms with Gasteiger partial charge in [0.2, 0.25) is 0 Å². The summed E-state index contributed by atoms with van der Waals surface area (Å²) in [4.78, 5) is 0. The minimum absolute atomic E-state index is 0.639. The van der Waals surface area contributed by atoms with E-state index < -0.39 is 0 Å². The molecule has 1 aliphatic rings. The molecule has 0 fully saturated rings. The van der Waals surface area contributed by atoms with E-state index in [-0.39, 0.29) is 0 Å². The molecule has 2 aromatic carbocycles. The molecule has 0 radical (unpaired) electrons. The molecule has 0 atom stereocenters. The third-order valence-corrected chi connectivity index (χ3v) is 2.97. The molecule has 0 saturated carbocycles. The van der Waals surface area contributed by atoms with Crippen molar-refractivity contribution in [3.63, 3.8) is 0 Å². The van der Waals surface area contributed by atoms with Crippen molar-refractivity contribution >= 4 is 11.3 Å². The lowest BCUT2D eigenvalue weighted by Crippen LogP contribution is -2.01. The molecular formula is C17H14O. The van der Waals surface area contributed by atoms with E-state index in [1.807, 2.05) is 36.4 Å². The molecule has 0 saturated heterocycles. The zero-order valence-electron chi connectivity index (χ0n) is 10.0. The first-order chi connectivity index (χ1) is 8.95. The van der Waals surface area contributed by atoms with Gasteiger partial charge in [-0.25, -0.2) is 0 Å². The number of rotatable bonds is 2. The van der Waals surface area contributed by atoms with Crippen LogP contribution in [0.2, 0.25) is 0 Å². The average molecular weight is 234 g/mol. The van der Waals surface area contributed by atoms with Crippen molar-refractivity contribution in [1.82, 2.24) is 0 Å². The number of allylic oxidation sites excluding steroid dienone is 2. The Hall–Kier alpha value is -2.28. The maximum absolute atomic E-state index is 5.82. The fourth-order valence-corrected chi connectivity index (χ4v) is 2.12. The molecule has 0 unspecified atom stereocenters. The van der Waals surface area contributed by atoms with E-state index in [1.165, 1.54) is 5.56 Å². The zero-order chi connectivity index (χ0) is 12.2. The van der Waals surface area contributed by atoms with E-state index in [0.29, 0.717) is 6.61 Å². The van der Waals surface area contributed by atoms with E-state index in [4.69, 9.17) is 4.74 Å². The summed E-state index contributed by atoms with van der Waals surface area (Å²) in [6.07, 6.45) is 4.19. The molecule has 0 aliphatic carbocycles. The van der Waals surface area contributed by atoms with Crippen molar-refractivity contribution in [3.8, 4) is 0 Å². The van der Waals surface area contributed by atoms with Crippen LogP contribution in [0.15, 0.2) is 72.8 Å². The van der Waals surface area contributed by atoms with Crippen LogP contribution in [0.4, 0.5) is 0 Å². The second-order valence-corrected chi connectivity index (χ2v) is 4.19. The first kappa shape index (κ1) is 10.8. The summed E-state index contributed by atoms with van der Waals surface area (Å²) >= 11 is 0. The third kappa shape index (κ3) is 2.07. The maximum atomic E-state index is 5.82. The Morgan fingerprint density at radius 2 is 1.33 bits per heavy atom. The minimum Gasteiger partial charge on any atom is -0.488 e. The minimum atomic E-state index is 0.639. The molecule has 0 aromatic heterocycles. The lowest BCUT2D eigenvalue weighted by Gasteiger charge is -2.17. The first-order valence-corrected chi connectivity index (χ1v) is 6.09. The molecular weight excluding hydrogens is 220 g/mol. The quantitative estimate of drug-likeness (QED) is 0.758. The Morgan fingerprint density at radius 1 is 0.722 bits per heavy atom. The van der Waals surface area contributed by atoms with Crippen LogP contribution >= 0.6 is 0 Å². The lowest BCUT2D eigenvalue weighted by molar-refractivity contribution is 0.318. The van der Waals surface area contributed by atoms with Gasteiger partial charge in [0.1, 0.15) is 12.4 Å². The summed E-state index contributed by atoms with van der Waals surface area (Å²) in [5.74, 6) is 0.962. The van der Waals surface area contributed by atoms with Crippen LogP contribution in [0.1, 0.15) is 11.1 Å². The van der Waals surface area contributed by atoms with Gasteiger partial charge in [-0.1, -0.05) is 66.7 Å². The second kappa shape index (κ2) is 4.92. The number of benzene rings is 2. The Balaban J connectivity index is 2.13. The molecule has 3 rings (SSSR count). The largest absolute Gasteiger partial charge is 0.488 e. The highest BCUT2D eigenvalue weighted by atomic mass is 16.5. The van der Waals surface area contributed by atoms with Crippen molar-refractivity contribution < 1.29 is 4.74 Å². The van der Waals surface area contributed by atoms with Gasteiger partial charge in [-0.2, -0.15) is 0 Å². The van der Waals surface area contributed by atoms with Crippen molar-refractivity contribution in [2.24, 2.45) is 0 Å². The van der Waals surface area contributed by atoms with Crippen molar-refractivity contribution in [1.29, 1.82) is 0 Å². The standard InChI is InChI=1S/C17H14O/c1-3-8-14(9-4-1)16-12-7-13-18-17(16)15-10-5-2-6-11-15/h1-12H,13H2.